The Bertz CT molecular complexity index is 3930. The maximum atomic E-state index is 5.52. The molecule has 12 aromatic rings. The smallest absolute Gasteiger partial charge is 0.160 e. The van der Waals surface area contributed by atoms with Crippen LogP contribution < -0.4 is 0 Å². The molecule has 2 aliphatic rings. The minimum absolute atomic E-state index is 0.460. The minimum Gasteiger partial charge on any atom is -0.228 e. The zero-order valence-electron chi connectivity index (χ0n) is 36.9. The van der Waals surface area contributed by atoms with Crippen molar-refractivity contribution in [2.24, 2.45) is 0 Å². The van der Waals surface area contributed by atoms with Gasteiger partial charge in [0.25, 0.3) is 0 Å². The predicted molar refractivity (Wildman–Crippen MR) is 284 cm³/mol. The van der Waals surface area contributed by atoms with E-state index in [2.05, 4.69) is 243 Å². The van der Waals surface area contributed by atoms with E-state index >= 15 is 0 Å². The molecular formula is C65H40N2S. The molecule has 2 aliphatic carbocycles. The van der Waals surface area contributed by atoms with E-state index in [1.54, 1.807) is 0 Å². The van der Waals surface area contributed by atoms with E-state index in [1.807, 2.05) is 11.3 Å². The monoisotopic (exact) mass is 880 g/mol. The normalized spacial score (nSPS) is 12.8. The highest BCUT2D eigenvalue weighted by Gasteiger charge is 2.52. The molecule has 0 radical (unpaired) electrons. The molecule has 0 aliphatic heterocycles. The van der Waals surface area contributed by atoms with Crippen molar-refractivity contribution in [3.8, 4) is 89.5 Å². The summed E-state index contributed by atoms with van der Waals surface area (Å²) in [7, 11) is 0. The average molecular weight is 881 g/mol. The van der Waals surface area contributed by atoms with Crippen molar-refractivity contribution in [2.45, 2.75) is 5.41 Å². The van der Waals surface area contributed by atoms with E-state index in [1.165, 1.54) is 81.4 Å². The Morgan fingerprint density at radius 1 is 0.294 bits per heavy atom. The van der Waals surface area contributed by atoms with Gasteiger partial charge in [0, 0.05) is 36.9 Å². The van der Waals surface area contributed by atoms with Crippen molar-refractivity contribution in [1.82, 2.24) is 9.97 Å². The molecule has 2 aromatic heterocycles. The topological polar surface area (TPSA) is 25.8 Å². The molecule has 2 nitrogen and oxygen atoms in total. The highest BCUT2D eigenvalue weighted by molar-refractivity contribution is 7.26. The summed E-state index contributed by atoms with van der Waals surface area (Å²) in [6.07, 6.45) is 0. The van der Waals surface area contributed by atoms with Crippen LogP contribution in [-0.2, 0) is 5.41 Å². The van der Waals surface area contributed by atoms with Gasteiger partial charge in [0.2, 0.25) is 0 Å². The minimum atomic E-state index is -0.460. The lowest BCUT2D eigenvalue weighted by molar-refractivity contribution is 0.794. The molecule has 0 unspecified atom stereocenters. The molecule has 0 saturated carbocycles. The molecule has 316 valence electrons. The van der Waals surface area contributed by atoms with Crippen LogP contribution in [0, 0.1) is 0 Å². The molecule has 3 heteroatoms. The standard InChI is InChI=1S/C65H40N2S/c1-3-18-41(19-4-1)43-22-15-23-44(36-43)45-37-46(48-28-16-29-52-51-26-10-14-35-61(51)68-63(48)52)39-47(38-45)59-40-60(67-64(66-59)42-20-5-2-6-21-42)54-30-17-34-58-62(54)53-27-9-13-33-57(53)65(58)55-31-11-7-24-49(55)50-25-8-12-32-56(50)65/h1-40H. The van der Waals surface area contributed by atoms with Crippen molar-refractivity contribution >= 4 is 31.5 Å². The van der Waals surface area contributed by atoms with E-state index in [9.17, 15) is 0 Å². The van der Waals surface area contributed by atoms with Crippen molar-refractivity contribution in [1.29, 1.82) is 0 Å². The number of benzene rings is 10. The summed E-state index contributed by atoms with van der Waals surface area (Å²) in [6.45, 7) is 0. The summed E-state index contributed by atoms with van der Waals surface area (Å²) in [5, 5.41) is 2.57. The van der Waals surface area contributed by atoms with E-state index in [-0.39, 0.29) is 0 Å². The Morgan fingerprint density at radius 3 is 1.54 bits per heavy atom. The van der Waals surface area contributed by atoms with E-state index in [0.717, 1.165) is 44.8 Å². The molecule has 10 aromatic carbocycles. The van der Waals surface area contributed by atoms with Crippen LogP contribution >= 0.6 is 11.3 Å². The van der Waals surface area contributed by atoms with Crippen molar-refractivity contribution in [3.63, 3.8) is 0 Å². The number of fused-ring (bicyclic) bond motifs is 13. The van der Waals surface area contributed by atoms with Gasteiger partial charge in [-0.15, -0.1) is 11.3 Å². The SMILES string of the molecule is c1ccc(-c2cccc(-c3cc(-c4cc(-c5cccc6c5-c5ccccc5C65c6ccccc6-c6ccccc65)nc(-c5ccccc5)n4)cc(-c4cccc5c4sc4ccccc45)c3)c2)cc1. The molecule has 0 saturated heterocycles. The van der Waals surface area contributed by atoms with Crippen molar-refractivity contribution in [3.05, 3.63) is 265 Å². The van der Waals surface area contributed by atoms with Crippen LogP contribution in [0.2, 0.25) is 0 Å². The Labute approximate surface area is 399 Å². The molecule has 0 bridgehead atoms. The van der Waals surface area contributed by atoms with E-state index < -0.39 is 5.41 Å². The first-order valence-corrected chi connectivity index (χ1v) is 24.1. The summed E-state index contributed by atoms with van der Waals surface area (Å²) < 4.78 is 2.57. The van der Waals surface area contributed by atoms with E-state index in [4.69, 9.17) is 9.97 Å². The number of rotatable bonds is 6. The Morgan fingerprint density at radius 2 is 0.779 bits per heavy atom. The first kappa shape index (κ1) is 38.7. The Kier molecular flexibility index (Phi) is 8.71. The van der Waals surface area contributed by atoms with Gasteiger partial charge >= 0.3 is 0 Å². The van der Waals surface area contributed by atoms with Gasteiger partial charge in [0.05, 0.1) is 16.8 Å². The third-order valence-electron chi connectivity index (χ3n) is 14.3. The van der Waals surface area contributed by atoms with Gasteiger partial charge in [-0.3, -0.25) is 0 Å². The van der Waals surface area contributed by atoms with Gasteiger partial charge in [0.15, 0.2) is 5.82 Å². The average Bonchev–Trinajstić information content (AvgIpc) is 4.06. The number of hydrogen-bond acceptors (Lipinski definition) is 3. The van der Waals surface area contributed by atoms with Crippen LogP contribution in [0.3, 0.4) is 0 Å². The zero-order valence-corrected chi connectivity index (χ0v) is 37.7. The van der Waals surface area contributed by atoms with Gasteiger partial charge in [-0.2, -0.15) is 0 Å². The molecule has 14 rings (SSSR count). The van der Waals surface area contributed by atoms with Gasteiger partial charge in [0.1, 0.15) is 0 Å². The Balaban J connectivity index is 1.02. The quantitative estimate of drug-likeness (QED) is 0.166. The van der Waals surface area contributed by atoms with Crippen molar-refractivity contribution < 1.29 is 0 Å². The maximum absolute atomic E-state index is 5.52. The molecule has 0 N–H and O–H groups in total. The van der Waals surface area contributed by atoms with Crippen LogP contribution in [0.25, 0.3) is 110 Å². The second kappa shape index (κ2) is 15.3. The molecule has 0 atom stereocenters. The third-order valence-corrected chi connectivity index (χ3v) is 15.5. The summed E-state index contributed by atoms with van der Waals surface area (Å²) in [5.74, 6) is 0.692. The van der Waals surface area contributed by atoms with Crippen molar-refractivity contribution in [2.75, 3.05) is 0 Å². The molecule has 0 amide bonds. The number of hydrogen-bond donors (Lipinski definition) is 0. The number of nitrogens with zero attached hydrogens (tertiary/aromatic N) is 2. The van der Waals surface area contributed by atoms with Gasteiger partial charge < -0.3 is 0 Å². The number of thiophene rings is 1. The maximum Gasteiger partial charge on any atom is 0.160 e. The second-order valence-electron chi connectivity index (χ2n) is 18.0. The molecular weight excluding hydrogens is 841 g/mol. The first-order valence-electron chi connectivity index (χ1n) is 23.3. The summed E-state index contributed by atoms with van der Waals surface area (Å²) in [6, 6.07) is 88.7. The van der Waals surface area contributed by atoms with Gasteiger partial charge in [-0.1, -0.05) is 206 Å². The van der Waals surface area contributed by atoms with Crippen LogP contribution in [0.5, 0.6) is 0 Å². The van der Waals surface area contributed by atoms with Gasteiger partial charge in [-0.25, -0.2) is 9.97 Å². The lowest BCUT2D eigenvalue weighted by Gasteiger charge is -2.30. The molecule has 2 heterocycles. The highest BCUT2D eigenvalue weighted by atomic mass is 32.1. The lowest BCUT2D eigenvalue weighted by Crippen LogP contribution is -2.25. The predicted octanol–water partition coefficient (Wildman–Crippen LogP) is 17.2. The summed E-state index contributed by atoms with van der Waals surface area (Å²) in [4.78, 5) is 11.0. The number of aromatic nitrogens is 2. The molecule has 0 fully saturated rings. The van der Waals surface area contributed by atoms with Gasteiger partial charge in [-0.05, 0) is 114 Å². The second-order valence-corrected chi connectivity index (χ2v) is 19.0. The summed E-state index contributed by atoms with van der Waals surface area (Å²) >= 11 is 1.87. The third kappa shape index (κ3) is 5.83. The molecule has 1 spiro atoms. The lowest BCUT2D eigenvalue weighted by atomic mass is 9.70. The van der Waals surface area contributed by atoms with Crippen LogP contribution in [0.15, 0.2) is 243 Å². The van der Waals surface area contributed by atoms with E-state index in [0.29, 0.717) is 5.82 Å². The fourth-order valence-corrected chi connectivity index (χ4v) is 12.6. The summed E-state index contributed by atoms with van der Waals surface area (Å²) in [5.41, 5.74) is 21.7. The van der Waals surface area contributed by atoms with Crippen LogP contribution in [-0.4, -0.2) is 9.97 Å². The first-order chi connectivity index (χ1) is 33.7. The fourth-order valence-electron chi connectivity index (χ4n) is 11.4. The Hall–Kier alpha value is -8.50. The van der Waals surface area contributed by atoms with Crippen LogP contribution in [0.1, 0.15) is 22.3 Å². The molecule has 68 heavy (non-hydrogen) atoms. The zero-order chi connectivity index (χ0) is 44.8. The highest BCUT2D eigenvalue weighted by Crippen LogP contribution is 2.64. The fraction of sp³-hybridized carbons (Fsp3) is 0.0154. The van der Waals surface area contributed by atoms with Crippen LogP contribution in [0.4, 0.5) is 0 Å². The largest absolute Gasteiger partial charge is 0.228 e.